The first kappa shape index (κ1) is 14.7. The highest BCUT2D eigenvalue weighted by atomic mass is 32.2. The van der Waals surface area contributed by atoms with E-state index in [2.05, 4.69) is 9.71 Å². The van der Waals surface area contributed by atoms with Gasteiger partial charge in [-0.05, 0) is 18.1 Å². The third-order valence-electron chi connectivity index (χ3n) is 2.70. The van der Waals surface area contributed by atoms with Gasteiger partial charge in [0.05, 0.1) is 18.5 Å². The fourth-order valence-electron chi connectivity index (χ4n) is 1.77. The summed E-state index contributed by atoms with van der Waals surface area (Å²) >= 11 is 0. The second-order valence-corrected chi connectivity index (χ2v) is 6.28. The summed E-state index contributed by atoms with van der Waals surface area (Å²) in [4.78, 5) is 3.94. The average Bonchev–Trinajstić information content (AvgIpc) is 2.82. The highest BCUT2D eigenvalue weighted by Crippen LogP contribution is 2.09. The van der Waals surface area contributed by atoms with E-state index in [-0.39, 0.29) is 12.3 Å². The molecule has 0 spiro atoms. The maximum Gasteiger partial charge on any atom is 0.216 e. The molecule has 3 N–H and O–H groups in total. The van der Waals surface area contributed by atoms with Crippen LogP contribution in [0, 0.1) is 6.92 Å². The van der Waals surface area contributed by atoms with E-state index in [1.807, 2.05) is 6.07 Å². The zero-order valence-electron chi connectivity index (χ0n) is 11.2. The van der Waals surface area contributed by atoms with Crippen molar-refractivity contribution in [3.63, 3.8) is 0 Å². The van der Waals surface area contributed by atoms with Crippen LogP contribution in [0.25, 0.3) is 0 Å². The molecule has 1 aromatic heterocycles. The standard InChI is InChI=1S/C13H17N3O3S/c1-10-7-15-13(19-10)8-16-20(17,18)9-12-4-2-3-11(5-12)6-14/h2-5,7,16H,6,8-9,14H2,1H3. The van der Waals surface area contributed by atoms with Gasteiger partial charge in [0.1, 0.15) is 5.76 Å². The first-order chi connectivity index (χ1) is 9.48. The molecule has 2 rings (SSSR count). The van der Waals surface area contributed by atoms with Crippen LogP contribution in [0.2, 0.25) is 0 Å². The largest absolute Gasteiger partial charge is 0.445 e. The van der Waals surface area contributed by atoms with Crippen molar-refractivity contribution in [1.82, 2.24) is 9.71 Å². The summed E-state index contributed by atoms with van der Waals surface area (Å²) in [5.74, 6) is 0.900. The fraction of sp³-hybridized carbons (Fsp3) is 0.308. The molecule has 6 nitrogen and oxygen atoms in total. The van der Waals surface area contributed by atoms with Crippen LogP contribution in [0.15, 0.2) is 34.9 Å². The van der Waals surface area contributed by atoms with Gasteiger partial charge >= 0.3 is 0 Å². The number of aryl methyl sites for hydroxylation is 1. The molecule has 2 aromatic rings. The van der Waals surface area contributed by atoms with Gasteiger partial charge in [0.15, 0.2) is 0 Å². The molecule has 0 unspecified atom stereocenters. The topological polar surface area (TPSA) is 98.2 Å². The van der Waals surface area contributed by atoms with Crippen LogP contribution in [-0.4, -0.2) is 13.4 Å². The number of benzene rings is 1. The molecule has 20 heavy (non-hydrogen) atoms. The molecule has 108 valence electrons. The summed E-state index contributed by atoms with van der Waals surface area (Å²) in [6, 6.07) is 7.20. The zero-order valence-corrected chi connectivity index (χ0v) is 12.0. The molecule has 1 aromatic carbocycles. The number of hydrogen-bond acceptors (Lipinski definition) is 5. The Balaban J connectivity index is 1.99. The van der Waals surface area contributed by atoms with Crippen LogP contribution in [0.5, 0.6) is 0 Å². The number of oxazole rings is 1. The van der Waals surface area contributed by atoms with E-state index in [0.717, 1.165) is 5.56 Å². The third-order valence-corrected chi connectivity index (χ3v) is 3.99. The molecule has 0 atom stereocenters. The van der Waals surface area contributed by atoms with Gasteiger partial charge in [0, 0.05) is 6.54 Å². The van der Waals surface area contributed by atoms with E-state index < -0.39 is 10.0 Å². The van der Waals surface area contributed by atoms with Crippen LogP contribution in [-0.2, 0) is 28.9 Å². The van der Waals surface area contributed by atoms with Crippen LogP contribution < -0.4 is 10.5 Å². The van der Waals surface area contributed by atoms with E-state index >= 15 is 0 Å². The van der Waals surface area contributed by atoms with Crippen molar-refractivity contribution in [2.75, 3.05) is 0 Å². The SMILES string of the molecule is Cc1cnc(CNS(=O)(=O)Cc2cccc(CN)c2)o1. The normalized spacial score (nSPS) is 11.7. The van der Waals surface area contributed by atoms with Gasteiger partial charge in [-0.1, -0.05) is 24.3 Å². The molecule has 0 fully saturated rings. The number of nitrogens with zero attached hydrogens (tertiary/aromatic N) is 1. The summed E-state index contributed by atoms with van der Waals surface area (Å²) in [7, 11) is -3.44. The molecule has 0 bridgehead atoms. The molecule has 0 aliphatic carbocycles. The van der Waals surface area contributed by atoms with Crippen LogP contribution >= 0.6 is 0 Å². The summed E-state index contributed by atoms with van der Waals surface area (Å²) in [5, 5.41) is 0. The lowest BCUT2D eigenvalue weighted by Gasteiger charge is -2.06. The van der Waals surface area contributed by atoms with Gasteiger partial charge in [-0.3, -0.25) is 0 Å². The fourth-order valence-corrected chi connectivity index (χ4v) is 2.84. The van der Waals surface area contributed by atoms with Gasteiger partial charge in [0.25, 0.3) is 0 Å². The number of hydrogen-bond donors (Lipinski definition) is 2. The summed E-state index contributed by atoms with van der Waals surface area (Å²) < 4.78 is 31.6. The average molecular weight is 295 g/mol. The van der Waals surface area contributed by atoms with E-state index in [1.54, 1.807) is 31.3 Å². The quantitative estimate of drug-likeness (QED) is 0.830. The molecule has 0 saturated carbocycles. The Morgan fingerprint density at radius 3 is 2.75 bits per heavy atom. The Morgan fingerprint density at radius 2 is 2.10 bits per heavy atom. The Hall–Kier alpha value is -1.70. The van der Waals surface area contributed by atoms with E-state index in [9.17, 15) is 8.42 Å². The Bertz CT molecular complexity index is 680. The van der Waals surface area contributed by atoms with Gasteiger partial charge in [0.2, 0.25) is 15.9 Å². The lowest BCUT2D eigenvalue weighted by atomic mass is 10.1. The van der Waals surface area contributed by atoms with Crippen molar-refractivity contribution in [3.8, 4) is 0 Å². The molecule has 7 heteroatoms. The van der Waals surface area contributed by atoms with Crippen LogP contribution in [0.1, 0.15) is 22.8 Å². The highest BCUT2D eigenvalue weighted by molar-refractivity contribution is 7.88. The molecular formula is C13H17N3O3S. The molecule has 0 saturated heterocycles. The Kier molecular flexibility index (Phi) is 4.53. The molecule has 0 amide bonds. The zero-order chi connectivity index (χ0) is 14.6. The predicted octanol–water partition coefficient (Wildman–Crippen LogP) is 1.06. The highest BCUT2D eigenvalue weighted by Gasteiger charge is 2.13. The van der Waals surface area contributed by atoms with E-state index in [1.165, 1.54) is 0 Å². The Labute approximate surface area is 118 Å². The molecule has 0 aliphatic rings. The van der Waals surface area contributed by atoms with Crippen molar-refractivity contribution in [2.24, 2.45) is 5.73 Å². The number of nitrogens with two attached hydrogens (primary N) is 1. The minimum absolute atomic E-state index is 0.0484. The first-order valence-corrected chi connectivity index (χ1v) is 7.80. The number of sulfonamides is 1. The maximum atomic E-state index is 12.0. The molecule has 1 heterocycles. The van der Waals surface area contributed by atoms with Gasteiger partial charge < -0.3 is 10.2 Å². The predicted molar refractivity (Wildman–Crippen MR) is 75.0 cm³/mol. The lowest BCUT2D eigenvalue weighted by Crippen LogP contribution is -2.24. The number of nitrogens with one attached hydrogen (secondary N) is 1. The third kappa shape index (κ3) is 4.16. The monoisotopic (exact) mass is 295 g/mol. The van der Waals surface area contributed by atoms with Gasteiger partial charge in [-0.25, -0.2) is 18.1 Å². The lowest BCUT2D eigenvalue weighted by molar-refractivity contribution is 0.463. The molecule has 0 radical (unpaired) electrons. The number of rotatable bonds is 6. The van der Waals surface area contributed by atoms with Crippen molar-refractivity contribution in [3.05, 3.63) is 53.2 Å². The Morgan fingerprint density at radius 1 is 1.35 bits per heavy atom. The summed E-state index contributed by atoms with van der Waals surface area (Å²) in [6.45, 7) is 2.19. The minimum atomic E-state index is -3.44. The minimum Gasteiger partial charge on any atom is -0.445 e. The second-order valence-electron chi connectivity index (χ2n) is 4.47. The van der Waals surface area contributed by atoms with Crippen molar-refractivity contribution >= 4 is 10.0 Å². The van der Waals surface area contributed by atoms with Crippen molar-refractivity contribution in [2.45, 2.75) is 25.8 Å². The van der Waals surface area contributed by atoms with Crippen molar-refractivity contribution < 1.29 is 12.8 Å². The molecule has 0 aliphatic heterocycles. The van der Waals surface area contributed by atoms with Gasteiger partial charge in [-0.15, -0.1) is 0 Å². The maximum absolute atomic E-state index is 12.0. The number of aromatic nitrogens is 1. The second kappa shape index (κ2) is 6.17. The first-order valence-electron chi connectivity index (χ1n) is 6.15. The van der Waals surface area contributed by atoms with Crippen molar-refractivity contribution in [1.29, 1.82) is 0 Å². The van der Waals surface area contributed by atoms with Crippen LogP contribution in [0.4, 0.5) is 0 Å². The summed E-state index contributed by atoms with van der Waals surface area (Å²) in [5.41, 5.74) is 7.14. The smallest absolute Gasteiger partial charge is 0.216 e. The van der Waals surface area contributed by atoms with E-state index in [4.69, 9.17) is 10.2 Å². The van der Waals surface area contributed by atoms with Gasteiger partial charge in [-0.2, -0.15) is 0 Å². The van der Waals surface area contributed by atoms with E-state index in [0.29, 0.717) is 23.8 Å². The summed E-state index contributed by atoms with van der Waals surface area (Å²) in [6.07, 6.45) is 1.55. The van der Waals surface area contributed by atoms with Crippen LogP contribution in [0.3, 0.4) is 0 Å². The molecular weight excluding hydrogens is 278 g/mol.